The van der Waals surface area contributed by atoms with Gasteiger partial charge in [-0.2, -0.15) is 0 Å². The highest BCUT2D eigenvalue weighted by Crippen LogP contribution is 2.33. The molecule has 1 aromatic rings. The zero-order valence-electron chi connectivity index (χ0n) is 9.78. The average molecular weight is 243 g/mol. The van der Waals surface area contributed by atoms with E-state index in [0.29, 0.717) is 11.4 Å². The zero-order chi connectivity index (χ0) is 12.2. The predicted molar refractivity (Wildman–Crippen MR) is 66.6 cm³/mol. The second-order valence-corrected chi connectivity index (χ2v) is 5.01. The monoisotopic (exact) mass is 242 g/mol. The molecule has 0 aliphatic rings. The minimum absolute atomic E-state index is 0.0353. The van der Waals surface area contributed by atoms with Crippen molar-refractivity contribution in [1.82, 2.24) is 0 Å². The van der Waals surface area contributed by atoms with Gasteiger partial charge in [0, 0.05) is 10.4 Å². The number of rotatable bonds is 5. The number of hydrogen-bond acceptors (Lipinski definition) is 2. The number of hydrogen-bond donors (Lipinski definition) is 2. The number of benzene rings is 1. The van der Waals surface area contributed by atoms with Gasteiger partial charge in [0.25, 0.3) is 0 Å². The third kappa shape index (κ3) is 2.76. The maximum atomic E-state index is 9.50. The minimum Gasteiger partial charge on any atom is -0.396 e. The fourth-order valence-corrected chi connectivity index (χ4v) is 1.95. The molecule has 0 heterocycles. The Labute approximate surface area is 102 Å². The quantitative estimate of drug-likeness (QED) is 0.833. The molecule has 16 heavy (non-hydrogen) atoms. The Balaban J connectivity index is 2.96. The smallest absolute Gasteiger partial charge is 0.0515 e. The molecule has 90 valence electrons. The van der Waals surface area contributed by atoms with Crippen molar-refractivity contribution in [3.8, 4) is 0 Å². The lowest BCUT2D eigenvalue weighted by Crippen LogP contribution is -2.37. The van der Waals surface area contributed by atoms with Crippen molar-refractivity contribution in [3.63, 3.8) is 0 Å². The Morgan fingerprint density at radius 1 is 1.19 bits per heavy atom. The number of aliphatic hydroxyl groups excluding tert-OH is 2. The van der Waals surface area contributed by atoms with Crippen LogP contribution in [0.25, 0.3) is 0 Å². The summed E-state index contributed by atoms with van der Waals surface area (Å²) in [6.07, 6.45) is 0.595. The van der Waals surface area contributed by atoms with Gasteiger partial charge in [0.2, 0.25) is 0 Å². The van der Waals surface area contributed by atoms with Crippen molar-refractivity contribution in [2.45, 2.75) is 20.3 Å². The Kier molecular flexibility index (Phi) is 4.78. The molecule has 0 fully saturated rings. The van der Waals surface area contributed by atoms with Gasteiger partial charge in [-0.25, -0.2) is 0 Å². The molecule has 2 N–H and O–H groups in total. The van der Waals surface area contributed by atoms with E-state index in [1.54, 1.807) is 0 Å². The first-order valence-corrected chi connectivity index (χ1v) is 5.88. The third-order valence-corrected chi connectivity index (χ3v) is 3.72. The SMILES string of the molecule is CC(C)C(CO)(CO)Cc1ccccc1Cl. The van der Waals surface area contributed by atoms with Gasteiger partial charge in [0.15, 0.2) is 0 Å². The van der Waals surface area contributed by atoms with Crippen LogP contribution in [0.1, 0.15) is 19.4 Å². The highest BCUT2D eigenvalue weighted by atomic mass is 35.5. The van der Waals surface area contributed by atoms with Crippen molar-refractivity contribution in [2.24, 2.45) is 11.3 Å². The molecular formula is C13H19ClO2. The molecule has 0 atom stereocenters. The zero-order valence-corrected chi connectivity index (χ0v) is 10.5. The minimum atomic E-state index is -0.495. The molecule has 0 unspecified atom stereocenters. The van der Waals surface area contributed by atoms with Gasteiger partial charge in [0.05, 0.1) is 13.2 Å². The van der Waals surface area contributed by atoms with Crippen molar-refractivity contribution in [2.75, 3.05) is 13.2 Å². The molecular weight excluding hydrogens is 224 g/mol. The molecule has 0 aromatic heterocycles. The van der Waals surface area contributed by atoms with Crippen LogP contribution in [0.2, 0.25) is 5.02 Å². The van der Waals surface area contributed by atoms with Crippen LogP contribution in [0.3, 0.4) is 0 Å². The molecule has 0 saturated carbocycles. The van der Waals surface area contributed by atoms with Gasteiger partial charge in [-0.3, -0.25) is 0 Å². The van der Waals surface area contributed by atoms with Gasteiger partial charge in [-0.15, -0.1) is 0 Å². The second kappa shape index (κ2) is 5.67. The Bertz CT molecular complexity index is 332. The summed E-state index contributed by atoms with van der Waals surface area (Å²) in [7, 11) is 0. The van der Waals surface area contributed by atoms with Crippen molar-refractivity contribution >= 4 is 11.6 Å². The van der Waals surface area contributed by atoms with Crippen LogP contribution in [0.4, 0.5) is 0 Å². The van der Waals surface area contributed by atoms with E-state index < -0.39 is 5.41 Å². The molecule has 0 radical (unpaired) electrons. The molecule has 0 bridgehead atoms. The van der Waals surface area contributed by atoms with E-state index in [2.05, 4.69) is 0 Å². The predicted octanol–water partition coefficient (Wildman–Crippen LogP) is 2.51. The second-order valence-electron chi connectivity index (χ2n) is 4.60. The van der Waals surface area contributed by atoms with Gasteiger partial charge < -0.3 is 10.2 Å². The van der Waals surface area contributed by atoms with Crippen molar-refractivity contribution in [1.29, 1.82) is 0 Å². The van der Waals surface area contributed by atoms with Crippen LogP contribution in [0.15, 0.2) is 24.3 Å². The molecule has 3 heteroatoms. The van der Waals surface area contributed by atoms with Gasteiger partial charge in [0.1, 0.15) is 0 Å². The summed E-state index contributed by atoms with van der Waals surface area (Å²) in [4.78, 5) is 0. The van der Waals surface area contributed by atoms with Crippen LogP contribution in [-0.2, 0) is 6.42 Å². The largest absolute Gasteiger partial charge is 0.396 e. The van der Waals surface area contributed by atoms with Crippen LogP contribution in [0, 0.1) is 11.3 Å². The summed E-state index contributed by atoms with van der Waals surface area (Å²) in [5.41, 5.74) is 0.478. The summed E-state index contributed by atoms with van der Waals surface area (Å²) in [5, 5.41) is 19.7. The first kappa shape index (κ1) is 13.5. The molecule has 1 aromatic carbocycles. The fourth-order valence-electron chi connectivity index (χ4n) is 1.75. The van der Waals surface area contributed by atoms with E-state index in [1.807, 2.05) is 38.1 Å². The summed E-state index contributed by atoms with van der Waals surface area (Å²) >= 11 is 6.09. The number of aliphatic hydroxyl groups is 2. The highest BCUT2D eigenvalue weighted by Gasteiger charge is 2.33. The van der Waals surface area contributed by atoms with E-state index in [-0.39, 0.29) is 19.1 Å². The van der Waals surface area contributed by atoms with Crippen molar-refractivity contribution in [3.05, 3.63) is 34.9 Å². The summed E-state index contributed by atoms with van der Waals surface area (Å²) in [6, 6.07) is 7.56. The maximum absolute atomic E-state index is 9.50. The summed E-state index contributed by atoms with van der Waals surface area (Å²) in [6.45, 7) is 3.94. The molecule has 2 nitrogen and oxygen atoms in total. The van der Waals surface area contributed by atoms with E-state index in [1.165, 1.54) is 0 Å². The highest BCUT2D eigenvalue weighted by molar-refractivity contribution is 6.31. The normalized spacial score (nSPS) is 12.1. The van der Waals surface area contributed by atoms with E-state index >= 15 is 0 Å². The van der Waals surface area contributed by atoms with E-state index in [4.69, 9.17) is 11.6 Å². The number of halogens is 1. The topological polar surface area (TPSA) is 40.5 Å². The summed E-state index contributed by atoms with van der Waals surface area (Å²) < 4.78 is 0. The van der Waals surface area contributed by atoms with Crippen LogP contribution in [0.5, 0.6) is 0 Å². The van der Waals surface area contributed by atoms with Gasteiger partial charge in [-0.1, -0.05) is 43.6 Å². The Hall–Kier alpha value is -0.570. The van der Waals surface area contributed by atoms with Crippen molar-refractivity contribution < 1.29 is 10.2 Å². The molecule has 0 amide bonds. The molecule has 1 rings (SSSR count). The lowest BCUT2D eigenvalue weighted by molar-refractivity contribution is 0.0163. The van der Waals surface area contributed by atoms with Gasteiger partial charge in [-0.05, 0) is 24.0 Å². The molecule has 0 aliphatic heterocycles. The summed E-state index contributed by atoms with van der Waals surface area (Å²) in [5.74, 6) is 0.193. The maximum Gasteiger partial charge on any atom is 0.0515 e. The lowest BCUT2D eigenvalue weighted by atomic mass is 9.74. The standard InChI is InChI=1S/C13H19ClO2/c1-10(2)13(8-15,9-16)7-11-5-3-4-6-12(11)14/h3-6,10,15-16H,7-9H2,1-2H3. The van der Waals surface area contributed by atoms with Crippen LogP contribution < -0.4 is 0 Å². The first-order valence-electron chi connectivity index (χ1n) is 5.51. The van der Waals surface area contributed by atoms with E-state index in [9.17, 15) is 10.2 Å². The lowest BCUT2D eigenvalue weighted by Gasteiger charge is -2.34. The third-order valence-electron chi connectivity index (χ3n) is 3.35. The van der Waals surface area contributed by atoms with Crippen LogP contribution in [-0.4, -0.2) is 23.4 Å². The Morgan fingerprint density at radius 2 is 1.75 bits per heavy atom. The fraction of sp³-hybridized carbons (Fsp3) is 0.538. The Morgan fingerprint density at radius 3 is 2.19 bits per heavy atom. The van der Waals surface area contributed by atoms with E-state index in [0.717, 1.165) is 5.56 Å². The average Bonchev–Trinajstić information content (AvgIpc) is 2.28. The first-order chi connectivity index (χ1) is 7.55. The molecule has 0 spiro atoms. The van der Waals surface area contributed by atoms with Gasteiger partial charge >= 0.3 is 0 Å². The molecule has 0 saturated heterocycles. The molecule has 0 aliphatic carbocycles. The van der Waals surface area contributed by atoms with Crippen LogP contribution >= 0.6 is 11.6 Å².